The molecule has 0 atom stereocenters. The molecule has 0 amide bonds. The molecular formula is C9H14N2O2. The van der Waals surface area contributed by atoms with Crippen LogP contribution in [0.5, 0.6) is 0 Å². The van der Waals surface area contributed by atoms with Gasteiger partial charge in [-0.3, -0.25) is 9.48 Å². The van der Waals surface area contributed by atoms with E-state index in [0.717, 1.165) is 5.69 Å². The zero-order valence-electron chi connectivity index (χ0n) is 7.99. The van der Waals surface area contributed by atoms with Gasteiger partial charge in [0.05, 0.1) is 18.7 Å². The SMILES string of the molecule is CCOC(=O)CCc1ccn(C)n1. The van der Waals surface area contributed by atoms with E-state index in [9.17, 15) is 4.79 Å². The molecule has 0 aliphatic heterocycles. The first-order valence-corrected chi connectivity index (χ1v) is 4.36. The number of hydrogen-bond acceptors (Lipinski definition) is 3. The summed E-state index contributed by atoms with van der Waals surface area (Å²) >= 11 is 0. The lowest BCUT2D eigenvalue weighted by Gasteiger charge is -1.98. The largest absolute Gasteiger partial charge is 0.466 e. The molecular weight excluding hydrogens is 168 g/mol. The Hall–Kier alpha value is -1.32. The molecule has 0 bridgehead atoms. The molecule has 0 saturated carbocycles. The molecule has 1 heterocycles. The van der Waals surface area contributed by atoms with E-state index in [0.29, 0.717) is 19.4 Å². The van der Waals surface area contributed by atoms with Crippen LogP contribution < -0.4 is 0 Å². The van der Waals surface area contributed by atoms with Crippen molar-refractivity contribution in [2.75, 3.05) is 6.61 Å². The van der Waals surface area contributed by atoms with Crippen LogP contribution in [0.4, 0.5) is 0 Å². The van der Waals surface area contributed by atoms with Gasteiger partial charge in [-0.25, -0.2) is 0 Å². The normalized spacial score (nSPS) is 10.0. The number of rotatable bonds is 4. The fourth-order valence-electron chi connectivity index (χ4n) is 1.06. The zero-order valence-corrected chi connectivity index (χ0v) is 7.99. The number of carbonyl (C=O) groups is 1. The molecule has 0 fully saturated rings. The van der Waals surface area contributed by atoms with Crippen molar-refractivity contribution in [3.63, 3.8) is 0 Å². The van der Waals surface area contributed by atoms with Gasteiger partial charge in [0.2, 0.25) is 0 Å². The highest BCUT2D eigenvalue weighted by molar-refractivity contribution is 5.69. The number of esters is 1. The Kier molecular flexibility index (Phi) is 3.49. The van der Waals surface area contributed by atoms with Crippen LogP contribution in [0.3, 0.4) is 0 Å². The molecule has 4 heteroatoms. The van der Waals surface area contributed by atoms with Gasteiger partial charge in [0, 0.05) is 19.7 Å². The van der Waals surface area contributed by atoms with Gasteiger partial charge in [-0.05, 0) is 13.0 Å². The summed E-state index contributed by atoms with van der Waals surface area (Å²) in [5.41, 5.74) is 0.926. The summed E-state index contributed by atoms with van der Waals surface area (Å²) in [6.45, 7) is 2.25. The van der Waals surface area contributed by atoms with Gasteiger partial charge in [0.1, 0.15) is 0 Å². The molecule has 0 radical (unpaired) electrons. The molecule has 0 aliphatic rings. The van der Waals surface area contributed by atoms with Gasteiger partial charge in [-0.1, -0.05) is 0 Å². The predicted molar refractivity (Wildman–Crippen MR) is 48.2 cm³/mol. The molecule has 4 nitrogen and oxygen atoms in total. The molecule has 0 unspecified atom stereocenters. The summed E-state index contributed by atoms with van der Waals surface area (Å²) in [6.07, 6.45) is 2.92. The van der Waals surface area contributed by atoms with Crippen LogP contribution >= 0.6 is 0 Å². The number of aromatic nitrogens is 2. The van der Waals surface area contributed by atoms with Crippen LogP contribution in [-0.2, 0) is 23.0 Å². The Morgan fingerprint density at radius 3 is 3.00 bits per heavy atom. The Morgan fingerprint density at radius 2 is 2.46 bits per heavy atom. The summed E-state index contributed by atoms with van der Waals surface area (Å²) in [7, 11) is 1.86. The van der Waals surface area contributed by atoms with Gasteiger partial charge in [-0.15, -0.1) is 0 Å². The number of carbonyl (C=O) groups excluding carboxylic acids is 1. The van der Waals surface area contributed by atoms with Crippen LogP contribution in [0, 0.1) is 0 Å². The minimum Gasteiger partial charge on any atom is -0.466 e. The first-order chi connectivity index (χ1) is 6.22. The molecule has 1 aromatic rings. The first-order valence-electron chi connectivity index (χ1n) is 4.36. The first kappa shape index (κ1) is 9.77. The van der Waals surface area contributed by atoms with E-state index in [-0.39, 0.29) is 5.97 Å². The van der Waals surface area contributed by atoms with Crippen LogP contribution in [0.1, 0.15) is 19.0 Å². The summed E-state index contributed by atoms with van der Waals surface area (Å²) in [6, 6.07) is 1.90. The van der Waals surface area contributed by atoms with Gasteiger partial charge in [-0.2, -0.15) is 5.10 Å². The van der Waals surface area contributed by atoms with E-state index >= 15 is 0 Å². The maximum absolute atomic E-state index is 11.0. The van der Waals surface area contributed by atoms with E-state index in [1.54, 1.807) is 11.6 Å². The Morgan fingerprint density at radius 1 is 1.69 bits per heavy atom. The Bertz CT molecular complexity index is 281. The molecule has 0 spiro atoms. The zero-order chi connectivity index (χ0) is 9.68. The van der Waals surface area contributed by atoms with Gasteiger partial charge in [0.15, 0.2) is 0 Å². The monoisotopic (exact) mass is 182 g/mol. The molecule has 72 valence electrons. The van der Waals surface area contributed by atoms with E-state index in [1.807, 2.05) is 19.3 Å². The van der Waals surface area contributed by atoms with Gasteiger partial charge in [0.25, 0.3) is 0 Å². The molecule has 0 saturated heterocycles. The molecule has 0 aromatic carbocycles. The summed E-state index contributed by atoms with van der Waals surface area (Å²) < 4.78 is 6.52. The van der Waals surface area contributed by atoms with E-state index < -0.39 is 0 Å². The third-order valence-corrected chi connectivity index (χ3v) is 1.66. The lowest BCUT2D eigenvalue weighted by molar-refractivity contribution is -0.143. The quantitative estimate of drug-likeness (QED) is 0.650. The second kappa shape index (κ2) is 4.64. The van der Waals surface area contributed by atoms with Gasteiger partial charge < -0.3 is 4.74 Å². The van der Waals surface area contributed by atoms with Crippen molar-refractivity contribution in [1.29, 1.82) is 0 Å². The third kappa shape index (κ3) is 3.27. The van der Waals surface area contributed by atoms with Crippen molar-refractivity contribution >= 4 is 5.97 Å². The Balaban J connectivity index is 2.30. The van der Waals surface area contributed by atoms with Crippen molar-refractivity contribution in [1.82, 2.24) is 9.78 Å². The fourth-order valence-corrected chi connectivity index (χ4v) is 1.06. The number of hydrogen-bond donors (Lipinski definition) is 0. The van der Waals surface area contributed by atoms with Crippen molar-refractivity contribution in [2.45, 2.75) is 19.8 Å². The van der Waals surface area contributed by atoms with E-state index in [4.69, 9.17) is 4.74 Å². The Labute approximate surface area is 77.5 Å². The van der Waals surface area contributed by atoms with Crippen molar-refractivity contribution in [3.8, 4) is 0 Å². The number of ether oxygens (including phenoxy) is 1. The summed E-state index contributed by atoms with van der Waals surface area (Å²) in [5.74, 6) is -0.159. The summed E-state index contributed by atoms with van der Waals surface area (Å²) in [5, 5.41) is 4.15. The molecule has 13 heavy (non-hydrogen) atoms. The highest BCUT2D eigenvalue weighted by Crippen LogP contribution is 1.99. The molecule has 0 aliphatic carbocycles. The van der Waals surface area contributed by atoms with Gasteiger partial charge >= 0.3 is 5.97 Å². The van der Waals surface area contributed by atoms with Crippen LogP contribution in [0.25, 0.3) is 0 Å². The average Bonchev–Trinajstić information content (AvgIpc) is 2.49. The minimum absolute atomic E-state index is 0.159. The molecule has 1 rings (SSSR count). The number of nitrogens with zero attached hydrogens (tertiary/aromatic N) is 2. The van der Waals surface area contributed by atoms with E-state index in [2.05, 4.69) is 5.10 Å². The number of aryl methyl sites for hydroxylation is 2. The van der Waals surface area contributed by atoms with Crippen molar-refractivity contribution in [2.24, 2.45) is 7.05 Å². The molecule has 0 N–H and O–H groups in total. The van der Waals surface area contributed by atoms with Crippen LogP contribution in [-0.4, -0.2) is 22.4 Å². The fraction of sp³-hybridized carbons (Fsp3) is 0.556. The predicted octanol–water partition coefficient (Wildman–Crippen LogP) is 0.916. The standard InChI is InChI=1S/C9H14N2O2/c1-3-13-9(12)5-4-8-6-7-11(2)10-8/h6-7H,3-5H2,1-2H3. The van der Waals surface area contributed by atoms with Crippen molar-refractivity contribution < 1.29 is 9.53 Å². The topological polar surface area (TPSA) is 44.1 Å². The minimum atomic E-state index is -0.159. The second-order valence-corrected chi connectivity index (χ2v) is 2.79. The lowest BCUT2D eigenvalue weighted by Crippen LogP contribution is -2.05. The third-order valence-electron chi connectivity index (χ3n) is 1.66. The lowest BCUT2D eigenvalue weighted by atomic mass is 10.2. The average molecular weight is 182 g/mol. The summed E-state index contributed by atoms with van der Waals surface area (Å²) in [4.78, 5) is 11.0. The van der Waals surface area contributed by atoms with Crippen molar-refractivity contribution in [3.05, 3.63) is 18.0 Å². The highest BCUT2D eigenvalue weighted by Gasteiger charge is 2.03. The van der Waals surface area contributed by atoms with Crippen LogP contribution in [0.2, 0.25) is 0 Å². The van der Waals surface area contributed by atoms with Crippen LogP contribution in [0.15, 0.2) is 12.3 Å². The maximum atomic E-state index is 11.0. The highest BCUT2D eigenvalue weighted by atomic mass is 16.5. The molecule has 1 aromatic heterocycles. The second-order valence-electron chi connectivity index (χ2n) is 2.79. The smallest absolute Gasteiger partial charge is 0.306 e. The maximum Gasteiger partial charge on any atom is 0.306 e. The van der Waals surface area contributed by atoms with E-state index in [1.165, 1.54) is 0 Å².